The van der Waals surface area contributed by atoms with E-state index in [0.29, 0.717) is 19.7 Å². The normalized spacial score (nSPS) is 32.8. The largest absolute Gasteiger partial charge is 0.380 e. The van der Waals surface area contributed by atoms with E-state index in [1.807, 2.05) is 18.7 Å². The van der Waals surface area contributed by atoms with Gasteiger partial charge >= 0.3 is 0 Å². The molecule has 2 saturated heterocycles. The van der Waals surface area contributed by atoms with Gasteiger partial charge in [0.15, 0.2) is 0 Å². The van der Waals surface area contributed by atoms with Crippen LogP contribution >= 0.6 is 0 Å². The highest BCUT2D eigenvalue weighted by Crippen LogP contribution is 2.19. The number of hydrogen-bond acceptors (Lipinski definition) is 4. The van der Waals surface area contributed by atoms with E-state index < -0.39 is 0 Å². The van der Waals surface area contributed by atoms with Crippen LogP contribution in [0.5, 0.6) is 0 Å². The molecule has 0 aromatic rings. The van der Waals surface area contributed by atoms with Gasteiger partial charge in [-0.3, -0.25) is 4.79 Å². The lowest BCUT2D eigenvalue weighted by Gasteiger charge is -2.39. The first-order valence-electron chi connectivity index (χ1n) is 6.21. The molecule has 98 valence electrons. The molecule has 5 heteroatoms. The number of hydrogen-bond donors (Lipinski definition) is 1. The molecule has 0 radical (unpaired) electrons. The Hall–Kier alpha value is -0.650. The van der Waals surface area contributed by atoms with Crippen LogP contribution in [-0.4, -0.2) is 61.9 Å². The first-order chi connectivity index (χ1) is 8.02. The zero-order chi connectivity index (χ0) is 12.5. The fourth-order valence-corrected chi connectivity index (χ4v) is 2.50. The number of morpholine rings is 1. The van der Waals surface area contributed by atoms with Crippen LogP contribution < -0.4 is 5.32 Å². The summed E-state index contributed by atoms with van der Waals surface area (Å²) in [5.74, 6) is 0.181. The standard InChI is InChI=1S/C12H22N2O3/c1-12(2)8-14(4-5-17-12)11(15)10-6-9(16-3)7-13-10/h9-10,13H,4-8H2,1-3H3. The van der Waals surface area contributed by atoms with E-state index in [0.717, 1.165) is 13.0 Å². The van der Waals surface area contributed by atoms with E-state index in [2.05, 4.69) is 5.32 Å². The van der Waals surface area contributed by atoms with Crippen LogP contribution in [0, 0.1) is 0 Å². The second-order valence-electron chi connectivity index (χ2n) is 5.42. The Morgan fingerprint density at radius 1 is 1.53 bits per heavy atom. The Balaban J connectivity index is 1.92. The molecule has 2 aliphatic rings. The van der Waals surface area contributed by atoms with Crippen LogP contribution in [0.3, 0.4) is 0 Å². The van der Waals surface area contributed by atoms with E-state index in [1.165, 1.54) is 0 Å². The van der Waals surface area contributed by atoms with Gasteiger partial charge < -0.3 is 19.7 Å². The summed E-state index contributed by atoms with van der Waals surface area (Å²) in [5, 5.41) is 3.22. The Morgan fingerprint density at radius 2 is 2.29 bits per heavy atom. The summed E-state index contributed by atoms with van der Waals surface area (Å²) >= 11 is 0. The molecule has 2 heterocycles. The van der Waals surface area contributed by atoms with Crippen LogP contribution in [0.25, 0.3) is 0 Å². The fraction of sp³-hybridized carbons (Fsp3) is 0.917. The molecule has 0 aliphatic carbocycles. The fourth-order valence-electron chi connectivity index (χ4n) is 2.50. The summed E-state index contributed by atoms with van der Waals surface area (Å²) in [4.78, 5) is 14.2. The Morgan fingerprint density at radius 3 is 2.88 bits per heavy atom. The third-order valence-electron chi connectivity index (χ3n) is 3.46. The van der Waals surface area contributed by atoms with E-state index >= 15 is 0 Å². The summed E-state index contributed by atoms with van der Waals surface area (Å²) in [6.07, 6.45) is 0.936. The van der Waals surface area contributed by atoms with Gasteiger partial charge in [-0.25, -0.2) is 0 Å². The minimum atomic E-state index is -0.229. The highest BCUT2D eigenvalue weighted by molar-refractivity contribution is 5.82. The first kappa shape index (κ1) is 12.8. The average Bonchev–Trinajstić information content (AvgIpc) is 2.75. The zero-order valence-corrected chi connectivity index (χ0v) is 10.9. The van der Waals surface area contributed by atoms with Gasteiger partial charge in [0.05, 0.1) is 24.4 Å². The van der Waals surface area contributed by atoms with Crippen molar-refractivity contribution in [2.45, 2.75) is 38.0 Å². The number of carbonyl (C=O) groups excluding carboxylic acids is 1. The van der Waals surface area contributed by atoms with Gasteiger partial charge in [-0.2, -0.15) is 0 Å². The molecule has 2 aliphatic heterocycles. The molecule has 0 bridgehead atoms. The Kier molecular flexibility index (Phi) is 3.70. The summed E-state index contributed by atoms with van der Waals surface area (Å²) in [6, 6.07) is -0.0890. The van der Waals surface area contributed by atoms with Gasteiger partial charge in [-0.05, 0) is 20.3 Å². The second kappa shape index (κ2) is 4.92. The van der Waals surface area contributed by atoms with Crippen molar-refractivity contribution in [3.8, 4) is 0 Å². The number of amides is 1. The van der Waals surface area contributed by atoms with Gasteiger partial charge in [0, 0.05) is 26.7 Å². The minimum absolute atomic E-state index is 0.0890. The molecule has 2 atom stereocenters. The monoisotopic (exact) mass is 242 g/mol. The lowest BCUT2D eigenvalue weighted by atomic mass is 10.1. The van der Waals surface area contributed by atoms with Crippen LogP contribution in [0.15, 0.2) is 0 Å². The molecule has 0 aromatic carbocycles. The SMILES string of the molecule is COC1CNC(C(=O)N2CCOC(C)(C)C2)C1. The third-order valence-corrected chi connectivity index (χ3v) is 3.46. The Bertz CT molecular complexity index is 293. The van der Waals surface area contributed by atoms with Gasteiger partial charge in [-0.15, -0.1) is 0 Å². The quantitative estimate of drug-likeness (QED) is 0.740. The van der Waals surface area contributed by atoms with Crippen molar-refractivity contribution in [2.24, 2.45) is 0 Å². The van der Waals surface area contributed by atoms with Crippen molar-refractivity contribution < 1.29 is 14.3 Å². The second-order valence-corrected chi connectivity index (χ2v) is 5.42. The topological polar surface area (TPSA) is 50.8 Å². The van der Waals surface area contributed by atoms with E-state index in [-0.39, 0.29) is 23.7 Å². The number of methoxy groups -OCH3 is 1. The highest BCUT2D eigenvalue weighted by Gasteiger charge is 2.36. The Labute approximate surface area is 102 Å². The molecule has 2 fully saturated rings. The number of nitrogens with zero attached hydrogens (tertiary/aromatic N) is 1. The van der Waals surface area contributed by atoms with Crippen molar-refractivity contribution in [3.05, 3.63) is 0 Å². The lowest BCUT2D eigenvalue weighted by molar-refractivity contribution is -0.147. The van der Waals surface area contributed by atoms with E-state index in [1.54, 1.807) is 7.11 Å². The summed E-state index contributed by atoms with van der Waals surface area (Å²) in [7, 11) is 1.69. The summed E-state index contributed by atoms with van der Waals surface area (Å²) < 4.78 is 10.9. The highest BCUT2D eigenvalue weighted by atomic mass is 16.5. The van der Waals surface area contributed by atoms with Gasteiger partial charge in [0.1, 0.15) is 0 Å². The molecular formula is C12H22N2O3. The number of ether oxygens (including phenoxy) is 2. The number of nitrogens with one attached hydrogen (secondary N) is 1. The molecule has 0 spiro atoms. The molecule has 5 nitrogen and oxygen atoms in total. The average molecular weight is 242 g/mol. The predicted molar refractivity (Wildman–Crippen MR) is 63.8 cm³/mol. The van der Waals surface area contributed by atoms with Crippen molar-refractivity contribution in [2.75, 3.05) is 33.4 Å². The van der Waals surface area contributed by atoms with Crippen LogP contribution in [-0.2, 0) is 14.3 Å². The maximum atomic E-state index is 12.3. The van der Waals surface area contributed by atoms with Gasteiger partial charge in [0.25, 0.3) is 0 Å². The summed E-state index contributed by atoms with van der Waals surface area (Å²) in [5.41, 5.74) is -0.229. The van der Waals surface area contributed by atoms with Gasteiger partial charge in [0.2, 0.25) is 5.91 Å². The van der Waals surface area contributed by atoms with E-state index in [4.69, 9.17) is 9.47 Å². The maximum absolute atomic E-state index is 12.3. The number of carbonyl (C=O) groups is 1. The zero-order valence-electron chi connectivity index (χ0n) is 10.9. The lowest BCUT2D eigenvalue weighted by Crippen LogP contribution is -2.54. The van der Waals surface area contributed by atoms with E-state index in [9.17, 15) is 4.79 Å². The molecule has 0 aromatic heterocycles. The third kappa shape index (κ3) is 2.97. The van der Waals surface area contributed by atoms with Crippen LogP contribution in [0.1, 0.15) is 20.3 Å². The molecule has 2 unspecified atom stereocenters. The molecular weight excluding hydrogens is 220 g/mol. The predicted octanol–water partition coefficient (Wildman–Crippen LogP) is 0.000700. The van der Waals surface area contributed by atoms with Gasteiger partial charge in [-0.1, -0.05) is 0 Å². The number of rotatable bonds is 2. The molecule has 1 N–H and O–H groups in total. The van der Waals surface area contributed by atoms with Crippen LogP contribution in [0.2, 0.25) is 0 Å². The van der Waals surface area contributed by atoms with Crippen molar-refractivity contribution in [1.29, 1.82) is 0 Å². The van der Waals surface area contributed by atoms with Crippen molar-refractivity contribution in [1.82, 2.24) is 10.2 Å². The molecule has 17 heavy (non-hydrogen) atoms. The van der Waals surface area contributed by atoms with Crippen LogP contribution in [0.4, 0.5) is 0 Å². The molecule has 2 rings (SSSR count). The first-order valence-corrected chi connectivity index (χ1v) is 6.21. The van der Waals surface area contributed by atoms with Crippen molar-refractivity contribution in [3.63, 3.8) is 0 Å². The minimum Gasteiger partial charge on any atom is -0.380 e. The molecule has 0 saturated carbocycles. The molecule has 1 amide bonds. The smallest absolute Gasteiger partial charge is 0.239 e. The maximum Gasteiger partial charge on any atom is 0.239 e. The van der Waals surface area contributed by atoms with Crippen molar-refractivity contribution >= 4 is 5.91 Å². The summed E-state index contributed by atoms with van der Waals surface area (Å²) in [6.45, 7) is 6.79.